The number of hydrogen-bond donors (Lipinski definition) is 1. The quantitative estimate of drug-likeness (QED) is 0.351. The van der Waals surface area contributed by atoms with Crippen LogP contribution in [0, 0.1) is 5.92 Å². The largest absolute Gasteiger partial charge is 0.497 e. The van der Waals surface area contributed by atoms with E-state index in [9.17, 15) is 4.79 Å². The van der Waals surface area contributed by atoms with Gasteiger partial charge in [-0.3, -0.25) is 14.7 Å². The first-order valence-electron chi connectivity index (χ1n) is 11.6. The number of aromatic amines is 1. The van der Waals surface area contributed by atoms with E-state index in [1.54, 1.807) is 25.1 Å². The molecule has 1 N–H and O–H groups in total. The highest BCUT2D eigenvalue weighted by atomic mass is 16.5. The molecular formula is C25H31N7O3. The van der Waals surface area contributed by atoms with E-state index in [1.165, 1.54) is 0 Å². The maximum Gasteiger partial charge on any atom is 0.252 e. The molecule has 3 heterocycles. The van der Waals surface area contributed by atoms with E-state index in [2.05, 4.69) is 44.2 Å². The maximum absolute atomic E-state index is 13.1. The Morgan fingerprint density at radius 3 is 2.71 bits per heavy atom. The second kappa shape index (κ2) is 11.2. The van der Waals surface area contributed by atoms with Crippen molar-refractivity contribution in [3.8, 4) is 5.75 Å². The molecule has 0 aliphatic carbocycles. The van der Waals surface area contributed by atoms with Crippen molar-refractivity contribution in [2.45, 2.75) is 39.5 Å². The van der Waals surface area contributed by atoms with Crippen molar-refractivity contribution in [3.63, 3.8) is 0 Å². The molecule has 10 heteroatoms. The number of methoxy groups -OCH3 is 2. The Morgan fingerprint density at radius 1 is 1.14 bits per heavy atom. The molecule has 0 aliphatic rings. The smallest absolute Gasteiger partial charge is 0.252 e. The van der Waals surface area contributed by atoms with Crippen LogP contribution in [0.1, 0.15) is 36.8 Å². The summed E-state index contributed by atoms with van der Waals surface area (Å²) in [5, 5.41) is 13.4. The Morgan fingerprint density at radius 2 is 2.00 bits per heavy atom. The molecule has 0 aliphatic heterocycles. The van der Waals surface area contributed by atoms with Crippen LogP contribution in [0.4, 0.5) is 0 Å². The number of H-pyrrole nitrogens is 1. The minimum absolute atomic E-state index is 0.125. The van der Waals surface area contributed by atoms with Crippen molar-refractivity contribution in [2.75, 3.05) is 20.8 Å². The summed E-state index contributed by atoms with van der Waals surface area (Å²) in [5.74, 6) is 1.64. The number of nitrogens with zero attached hydrogens (tertiary/aromatic N) is 6. The Hall–Kier alpha value is -3.63. The van der Waals surface area contributed by atoms with E-state index in [0.29, 0.717) is 31.8 Å². The molecule has 0 radical (unpaired) electrons. The van der Waals surface area contributed by atoms with E-state index in [0.717, 1.165) is 28.0 Å². The Kier molecular flexibility index (Phi) is 7.84. The summed E-state index contributed by atoms with van der Waals surface area (Å²) in [7, 11) is 3.28. The zero-order valence-electron chi connectivity index (χ0n) is 20.5. The normalized spacial score (nSPS) is 12.5. The van der Waals surface area contributed by atoms with Crippen LogP contribution in [0.15, 0.2) is 53.6 Å². The average Bonchev–Trinajstić information content (AvgIpc) is 3.31. The van der Waals surface area contributed by atoms with Crippen LogP contribution < -0.4 is 10.3 Å². The van der Waals surface area contributed by atoms with Gasteiger partial charge < -0.3 is 14.5 Å². The maximum atomic E-state index is 13.1. The van der Waals surface area contributed by atoms with Gasteiger partial charge in [0.25, 0.3) is 5.56 Å². The number of ether oxygens (including phenoxy) is 2. The summed E-state index contributed by atoms with van der Waals surface area (Å²) in [6, 6.07) is 11.3. The molecule has 10 nitrogen and oxygen atoms in total. The number of tetrazole rings is 1. The van der Waals surface area contributed by atoms with Gasteiger partial charge in [-0.15, -0.1) is 5.10 Å². The second-order valence-electron chi connectivity index (χ2n) is 8.79. The Labute approximate surface area is 203 Å². The number of pyridine rings is 2. The van der Waals surface area contributed by atoms with Crippen molar-refractivity contribution in [1.29, 1.82) is 0 Å². The van der Waals surface area contributed by atoms with Gasteiger partial charge in [-0.05, 0) is 52.2 Å². The minimum Gasteiger partial charge on any atom is -0.497 e. The summed E-state index contributed by atoms with van der Waals surface area (Å²) in [6.07, 6.45) is 3.59. The molecule has 0 fully saturated rings. The first-order valence-corrected chi connectivity index (χ1v) is 11.6. The molecule has 0 unspecified atom stereocenters. The van der Waals surface area contributed by atoms with Gasteiger partial charge >= 0.3 is 0 Å². The fraction of sp³-hybridized carbons (Fsp3) is 0.400. The predicted molar refractivity (Wildman–Crippen MR) is 132 cm³/mol. The van der Waals surface area contributed by atoms with Crippen LogP contribution in [0.2, 0.25) is 0 Å². The molecule has 0 bridgehead atoms. The van der Waals surface area contributed by atoms with Gasteiger partial charge in [0.05, 0.1) is 26.3 Å². The van der Waals surface area contributed by atoms with Crippen LogP contribution in [-0.4, -0.2) is 55.9 Å². The second-order valence-corrected chi connectivity index (χ2v) is 8.79. The van der Waals surface area contributed by atoms with Gasteiger partial charge in [0.15, 0.2) is 5.82 Å². The molecular weight excluding hydrogens is 446 g/mol. The number of aromatic nitrogens is 6. The first kappa shape index (κ1) is 24.5. The molecule has 3 aromatic heterocycles. The van der Waals surface area contributed by atoms with E-state index >= 15 is 0 Å². The molecule has 35 heavy (non-hydrogen) atoms. The monoisotopic (exact) mass is 477 g/mol. The molecule has 184 valence electrons. The third kappa shape index (κ3) is 5.72. The first-order chi connectivity index (χ1) is 17.0. The molecule has 0 saturated carbocycles. The lowest BCUT2D eigenvalue weighted by atomic mass is 9.99. The van der Waals surface area contributed by atoms with Crippen molar-refractivity contribution >= 4 is 10.9 Å². The van der Waals surface area contributed by atoms with Crippen LogP contribution in [0.5, 0.6) is 5.75 Å². The number of nitrogens with one attached hydrogen (secondary N) is 1. The van der Waals surface area contributed by atoms with E-state index in [-0.39, 0.29) is 17.5 Å². The van der Waals surface area contributed by atoms with Crippen molar-refractivity contribution in [3.05, 3.63) is 76.1 Å². The molecule has 1 aromatic carbocycles. The lowest BCUT2D eigenvalue weighted by Crippen LogP contribution is -2.35. The number of rotatable bonds is 11. The summed E-state index contributed by atoms with van der Waals surface area (Å²) in [4.78, 5) is 22.6. The third-order valence-electron chi connectivity index (χ3n) is 5.97. The zero-order valence-corrected chi connectivity index (χ0v) is 20.5. The standard InChI is InChI=1S/C25H31N7O3/c1-17(2)23(24-28-29-30-32(24)10-11-34-3)31(15-18-6-5-9-26-14-18)16-20-12-19-13-21(35-4)7-8-22(19)27-25(20)33/h5-9,12-14,17,23H,10-11,15-16H2,1-4H3,(H,27,33)/t23-/m0/s1. The number of benzene rings is 1. The van der Waals surface area contributed by atoms with Gasteiger partial charge in [-0.1, -0.05) is 19.9 Å². The topological polar surface area (TPSA) is 111 Å². The number of hydrogen-bond acceptors (Lipinski definition) is 8. The van der Waals surface area contributed by atoms with Crippen molar-refractivity contribution < 1.29 is 9.47 Å². The van der Waals surface area contributed by atoms with E-state index in [1.807, 2.05) is 42.6 Å². The zero-order chi connectivity index (χ0) is 24.8. The van der Waals surface area contributed by atoms with Crippen LogP contribution in [0.3, 0.4) is 0 Å². The van der Waals surface area contributed by atoms with Crippen LogP contribution in [0.25, 0.3) is 10.9 Å². The average molecular weight is 478 g/mol. The summed E-state index contributed by atoms with van der Waals surface area (Å²) >= 11 is 0. The lowest BCUT2D eigenvalue weighted by Gasteiger charge is -2.33. The fourth-order valence-electron chi connectivity index (χ4n) is 4.32. The molecule has 0 amide bonds. The molecule has 1 atom stereocenters. The lowest BCUT2D eigenvalue weighted by molar-refractivity contribution is 0.121. The molecule has 4 aromatic rings. The van der Waals surface area contributed by atoms with Crippen LogP contribution in [-0.2, 0) is 24.4 Å². The van der Waals surface area contributed by atoms with Crippen LogP contribution >= 0.6 is 0 Å². The van der Waals surface area contributed by atoms with Gasteiger partial charge in [-0.2, -0.15) is 0 Å². The molecule has 4 rings (SSSR count). The highest BCUT2D eigenvalue weighted by Crippen LogP contribution is 2.30. The fourth-order valence-corrected chi connectivity index (χ4v) is 4.32. The predicted octanol–water partition coefficient (Wildman–Crippen LogP) is 2.96. The highest BCUT2D eigenvalue weighted by molar-refractivity contribution is 5.80. The van der Waals surface area contributed by atoms with Gasteiger partial charge in [0, 0.05) is 49.1 Å². The third-order valence-corrected chi connectivity index (χ3v) is 5.97. The summed E-state index contributed by atoms with van der Waals surface area (Å²) < 4.78 is 12.4. The molecule has 0 spiro atoms. The Balaban J connectivity index is 1.76. The molecule has 0 saturated heterocycles. The van der Waals surface area contributed by atoms with Gasteiger partial charge in [0.2, 0.25) is 0 Å². The van der Waals surface area contributed by atoms with Gasteiger partial charge in [0.1, 0.15) is 5.75 Å². The minimum atomic E-state index is -0.150. The van der Waals surface area contributed by atoms with E-state index < -0.39 is 0 Å². The highest BCUT2D eigenvalue weighted by Gasteiger charge is 2.30. The summed E-state index contributed by atoms with van der Waals surface area (Å²) in [5.41, 5.74) is 2.33. The van der Waals surface area contributed by atoms with E-state index in [4.69, 9.17) is 9.47 Å². The SMILES string of the molecule is COCCn1nnnc1[C@H](C(C)C)N(Cc1cccnc1)Cc1cc2cc(OC)ccc2[nH]c1=O. The van der Waals surface area contributed by atoms with Crippen molar-refractivity contribution in [2.24, 2.45) is 5.92 Å². The number of fused-ring (bicyclic) bond motifs is 1. The van der Waals surface area contributed by atoms with Crippen molar-refractivity contribution in [1.82, 2.24) is 35.1 Å². The Bertz CT molecular complexity index is 1300. The summed E-state index contributed by atoms with van der Waals surface area (Å²) in [6.45, 7) is 6.27. The van der Waals surface area contributed by atoms with Gasteiger partial charge in [-0.25, -0.2) is 4.68 Å².